The highest BCUT2D eigenvalue weighted by atomic mass is 16.5. The molecule has 0 saturated heterocycles. The molecule has 0 spiro atoms. The summed E-state index contributed by atoms with van der Waals surface area (Å²) in [6.45, 7) is 2.49. The van der Waals surface area contributed by atoms with E-state index in [0.29, 0.717) is 13.0 Å². The molecule has 0 unspecified atom stereocenters. The lowest BCUT2D eigenvalue weighted by atomic mass is 10.1. The Balaban J connectivity index is 1.87. The number of nitrogens with zero attached hydrogens (tertiary/aromatic N) is 4. The SMILES string of the molecule is CC[C@H](C(=O)N(C)Cc1ccc(OC)c2ncccc12)n1cccn1. The van der Waals surface area contributed by atoms with E-state index in [4.69, 9.17) is 4.74 Å². The van der Waals surface area contributed by atoms with Crippen LogP contribution in [0.25, 0.3) is 10.9 Å². The van der Waals surface area contributed by atoms with E-state index >= 15 is 0 Å². The monoisotopic (exact) mass is 338 g/mol. The van der Waals surface area contributed by atoms with E-state index in [1.54, 1.807) is 29.1 Å². The summed E-state index contributed by atoms with van der Waals surface area (Å²) in [5, 5.41) is 5.21. The maximum atomic E-state index is 12.9. The molecule has 0 aliphatic carbocycles. The number of carbonyl (C=O) groups excluding carboxylic acids is 1. The lowest BCUT2D eigenvalue weighted by Crippen LogP contribution is -2.34. The van der Waals surface area contributed by atoms with Crippen LogP contribution in [0.5, 0.6) is 5.75 Å². The first-order chi connectivity index (χ1) is 12.2. The van der Waals surface area contributed by atoms with Crippen molar-refractivity contribution in [1.29, 1.82) is 0 Å². The van der Waals surface area contributed by atoms with Crippen LogP contribution in [0, 0.1) is 0 Å². The molecule has 0 aliphatic heterocycles. The average molecular weight is 338 g/mol. The highest BCUT2D eigenvalue weighted by Gasteiger charge is 2.23. The van der Waals surface area contributed by atoms with Crippen molar-refractivity contribution in [3.8, 4) is 5.75 Å². The fraction of sp³-hybridized carbons (Fsp3) is 0.316. The molecule has 0 fully saturated rings. The second-order valence-electron chi connectivity index (χ2n) is 5.93. The van der Waals surface area contributed by atoms with Crippen LogP contribution in [0.3, 0.4) is 0 Å². The van der Waals surface area contributed by atoms with Crippen molar-refractivity contribution in [2.24, 2.45) is 0 Å². The molecule has 3 aromatic rings. The highest BCUT2D eigenvalue weighted by molar-refractivity contribution is 5.88. The minimum Gasteiger partial charge on any atom is -0.494 e. The summed E-state index contributed by atoms with van der Waals surface area (Å²) < 4.78 is 7.10. The van der Waals surface area contributed by atoms with E-state index in [9.17, 15) is 4.79 Å². The molecule has 6 nitrogen and oxygen atoms in total. The van der Waals surface area contributed by atoms with E-state index in [1.165, 1.54) is 0 Å². The minimum atomic E-state index is -0.289. The second kappa shape index (κ2) is 7.34. The molecule has 6 heteroatoms. The van der Waals surface area contributed by atoms with Gasteiger partial charge in [0, 0.05) is 37.6 Å². The van der Waals surface area contributed by atoms with Gasteiger partial charge in [-0.25, -0.2) is 0 Å². The van der Waals surface area contributed by atoms with Crippen LogP contribution in [-0.4, -0.2) is 39.7 Å². The first-order valence-corrected chi connectivity index (χ1v) is 8.30. The van der Waals surface area contributed by atoms with Gasteiger partial charge in [0.05, 0.1) is 7.11 Å². The summed E-state index contributed by atoms with van der Waals surface area (Å²) in [7, 11) is 3.45. The molecule has 130 valence electrons. The Labute approximate surface area is 147 Å². The first-order valence-electron chi connectivity index (χ1n) is 8.30. The molecular weight excluding hydrogens is 316 g/mol. The summed E-state index contributed by atoms with van der Waals surface area (Å²) in [5.74, 6) is 0.773. The van der Waals surface area contributed by atoms with Crippen LogP contribution in [0.15, 0.2) is 48.9 Å². The van der Waals surface area contributed by atoms with Gasteiger partial charge in [-0.3, -0.25) is 14.5 Å². The lowest BCUT2D eigenvalue weighted by Gasteiger charge is -2.24. The van der Waals surface area contributed by atoms with Crippen LogP contribution in [0.1, 0.15) is 24.9 Å². The topological polar surface area (TPSA) is 60.3 Å². The van der Waals surface area contributed by atoms with Crippen molar-refractivity contribution in [3.05, 3.63) is 54.5 Å². The number of fused-ring (bicyclic) bond motifs is 1. The Hall–Kier alpha value is -2.89. The van der Waals surface area contributed by atoms with Crippen molar-refractivity contribution < 1.29 is 9.53 Å². The van der Waals surface area contributed by atoms with E-state index in [1.807, 2.05) is 50.5 Å². The van der Waals surface area contributed by atoms with Gasteiger partial charge in [-0.1, -0.05) is 19.1 Å². The zero-order chi connectivity index (χ0) is 17.8. The summed E-state index contributed by atoms with van der Waals surface area (Å²) in [4.78, 5) is 19.0. The second-order valence-corrected chi connectivity index (χ2v) is 5.93. The summed E-state index contributed by atoms with van der Waals surface area (Å²) in [5.41, 5.74) is 1.84. The van der Waals surface area contributed by atoms with Gasteiger partial charge in [-0.2, -0.15) is 5.10 Å². The lowest BCUT2D eigenvalue weighted by molar-refractivity contribution is -0.134. The molecular formula is C19H22N4O2. The number of rotatable bonds is 6. The Bertz CT molecular complexity index is 861. The quantitative estimate of drug-likeness (QED) is 0.693. The van der Waals surface area contributed by atoms with Gasteiger partial charge in [-0.05, 0) is 30.2 Å². The van der Waals surface area contributed by atoms with Crippen molar-refractivity contribution in [2.75, 3.05) is 14.2 Å². The number of benzene rings is 1. The standard InChI is InChI=1S/C19H22N4O2/c1-4-16(23-12-6-11-21-23)19(24)22(2)13-14-8-9-17(25-3)18-15(14)7-5-10-20-18/h5-12,16H,4,13H2,1-3H3/t16-/m1/s1. The third-order valence-corrected chi connectivity index (χ3v) is 4.34. The predicted octanol–water partition coefficient (Wildman–Crippen LogP) is 3.05. The number of ether oxygens (including phenoxy) is 1. The largest absolute Gasteiger partial charge is 0.494 e. The summed E-state index contributed by atoms with van der Waals surface area (Å²) >= 11 is 0. The molecule has 1 amide bonds. The van der Waals surface area contributed by atoms with Crippen LogP contribution in [-0.2, 0) is 11.3 Å². The number of amides is 1. The smallest absolute Gasteiger partial charge is 0.247 e. The van der Waals surface area contributed by atoms with Crippen LogP contribution in [0.4, 0.5) is 0 Å². The van der Waals surface area contributed by atoms with Crippen molar-refractivity contribution >= 4 is 16.8 Å². The van der Waals surface area contributed by atoms with Crippen LogP contribution in [0.2, 0.25) is 0 Å². The minimum absolute atomic E-state index is 0.0408. The van der Waals surface area contributed by atoms with Gasteiger partial charge in [0.25, 0.3) is 0 Å². The molecule has 0 bridgehead atoms. The van der Waals surface area contributed by atoms with Crippen molar-refractivity contribution in [3.63, 3.8) is 0 Å². The van der Waals surface area contributed by atoms with Gasteiger partial charge in [0.15, 0.2) is 0 Å². The summed E-state index contributed by atoms with van der Waals surface area (Å²) in [6, 6.07) is 9.32. The first kappa shape index (κ1) is 17.0. The van der Waals surface area contributed by atoms with E-state index < -0.39 is 0 Å². The molecule has 1 atom stereocenters. The molecule has 2 heterocycles. The number of methoxy groups -OCH3 is 1. The molecule has 0 saturated carbocycles. The fourth-order valence-corrected chi connectivity index (χ4v) is 3.04. The number of likely N-dealkylation sites (N-methyl/N-ethyl adjacent to an activating group) is 1. The zero-order valence-electron chi connectivity index (χ0n) is 14.7. The molecule has 3 rings (SSSR count). The Kier molecular flexibility index (Phi) is 4.97. The van der Waals surface area contributed by atoms with Gasteiger partial charge >= 0.3 is 0 Å². The number of aromatic nitrogens is 3. The Morgan fingerprint density at radius 2 is 2.12 bits per heavy atom. The van der Waals surface area contributed by atoms with E-state index in [0.717, 1.165) is 22.2 Å². The van der Waals surface area contributed by atoms with E-state index in [2.05, 4.69) is 10.1 Å². The third-order valence-electron chi connectivity index (χ3n) is 4.34. The maximum Gasteiger partial charge on any atom is 0.247 e. The summed E-state index contributed by atoms with van der Waals surface area (Å²) in [6.07, 6.45) is 5.95. The third kappa shape index (κ3) is 3.33. The van der Waals surface area contributed by atoms with Crippen LogP contribution < -0.4 is 4.74 Å². The molecule has 0 aliphatic rings. The van der Waals surface area contributed by atoms with Crippen molar-refractivity contribution in [1.82, 2.24) is 19.7 Å². The Morgan fingerprint density at radius 1 is 1.28 bits per heavy atom. The predicted molar refractivity (Wildman–Crippen MR) is 96.3 cm³/mol. The van der Waals surface area contributed by atoms with Gasteiger partial charge < -0.3 is 9.64 Å². The number of hydrogen-bond acceptors (Lipinski definition) is 4. The highest BCUT2D eigenvalue weighted by Crippen LogP contribution is 2.27. The van der Waals surface area contributed by atoms with E-state index in [-0.39, 0.29) is 11.9 Å². The van der Waals surface area contributed by atoms with Crippen LogP contribution >= 0.6 is 0 Å². The zero-order valence-corrected chi connectivity index (χ0v) is 14.7. The van der Waals surface area contributed by atoms with Gasteiger partial charge in [0.1, 0.15) is 17.3 Å². The fourth-order valence-electron chi connectivity index (χ4n) is 3.04. The Morgan fingerprint density at radius 3 is 2.80 bits per heavy atom. The average Bonchev–Trinajstić information content (AvgIpc) is 3.17. The number of carbonyl (C=O) groups is 1. The molecule has 2 aromatic heterocycles. The maximum absolute atomic E-state index is 12.9. The molecule has 0 radical (unpaired) electrons. The molecule has 0 N–H and O–H groups in total. The number of hydrogen-bond donors (Lipinski definition) is 0. The van der Waals surface area contributed by atoms with Gasteiger partial charge in [0.2, 0.25) is 5.91 Å². The number of pyridine rings is 1. The van der Waals surface area contributed by atoms with Crippen molar-refractivity contribution in [2.45, 2.75) is 25.9 Å². The van der Waals surface area contributed by atoms with Gasteiger partial charge in [-0.15, -0.1) is 0 Å². The molecule has 1 aromatic carbocycles. The normalized spacial score (nSPS) is 12.1. The molecule has 25 heavy (non-hydrogen) atoms.